The lowest BCUT2D eigenvalue weighted by Crippen LogP contribution is -1.96. The van der Waals surface area contributed by atoms with Crippen molar-refractivity contribution in [1.29, 1.82) is 0 Å². The molecule has 7 nitrogen and oxygen atoms in total. The minimum Gasteiger partial charge on any atom is -0.507 e. The Bertz CT molecular complexity index is 913. The van der Waals surface area contributed by atoms with Crippen LogP contribution in [0.1, 0.15) is 10.4 Å². The van der Waals surface area contributed by atoms with Crippen LogP contribution >= 0.6 is 12.0 Å². The molecule has 0 heterocycles. The van der Waals surface area contributed by atoms with Crippen LogP contribution < -0.4 is 5.32 Å². The Balaban J connectivity index is 1.85. The van der Waals surface area contributed by atoms with E-state index in [9.17, 15) is 9.90 Å². The van der Waals surface area contributed by atoms with E-state index in [0.717, 1.165) is 28.8 Å². The molecule has 0 aromatic heterocycles. The van der Waals surface area contributed by atoms with Gasteiger partial charge in [0, 0.05) is 21.7 Å². The molecule has 0 atom stereocenters. The molecule has 3 aromatic rings. The van der Waals surface area contributed by atoms with Crippen molar-refractivity contribution >= 4 is 40.2 Å². The molecule has 3 rings (SSSR count). The second kappa shape index (κ2) is 7.41. The van der Waals surface area contributed by atoms with E-state index in [2.05, 4.69) is 14.7 Å². The van der Waals surface area contributed by atoms with Gasteiger partial charge in [-0.05, 0) is 53.9 Å². The average Bonchev–Trinajstić information content (AvgIpc) is 2.61. The topological polar surface area (TPSA) is 108 Å². The van der Waals surface area contributed by atoms with Crippen molar-refractivity contribution in [1.82, 2.24) is 0 Å². The maximum atomic E-state index is 10.9. The van der Waals surface area contributed by atoms with Gasteiger partial charge in [-0.1, -0.05) is 11.1 Å². The Morgan fingerprint density at radius 3 is 2.40 bits per heavy atom. The van der Waals surface area contributed by atoms with Gasteiger partial charge in [-0.3, -0.25) is 0 Å². The molecule has 128 valence electrons. The molecule has 3 aromatic carbocycles. The highest BCUT2D eigenvalue weighted by atomic mass is 32.2. The molecule has 0 unspecified atom stereocenters. The van der Waals surface area contributed by atoms with Crippen LogP contribution in [0, 0.1) is 0 Å². The third kappa shape index (κ3) is 4.01. The number of carbonyl (C=O) groups is 1. The van der Waals surface area contributed by atoms with Gasteiger partial charge in [0.05, 0.1) is 17.6 Å². The number of aromatic carboxylic acids is 1. The summed E-state index contributed by atoms with van der Waals surface area (Å²) < 4.78 is 4.36. The number of carboxylic acid groups (broad SMARTS) is 1. The van der Waals surface area contributed by atoms with Crippen LogP contribution in [0.4, 0.5) is 11.4 Å². The smallest absolute Gasteiger partial charge is 0.335 e. The largest absolute Gasteiger partial charge is 0.507 e. The summed E-state index contributed by atoms with van der Waals surface area (Å²) in [5.41, 5.74) is 1.67. The molecule has 0 aliphatic carbocycles. The van der Waals surface area contributed by atoms with Gasteiger partial charge in [0.25, 0.3) is 0 Å². The fourth-order valence-corrected chi connectivity index (χ4v) is 2.80. The van der Waals surface area contributed by atoms with Gasteiger partial charge in [-0.15, -0.1) is 4.33 Å². The van der Waals surface area contributed by atoms with E-state index in [1.165, 1.54) is 18.2 Å². The average molecular weight is 359 g/mol. The summed E-state index contributed by atoms with van der Waals surface area (Å²) in [6.07, 6.45) is 0. The fraction of sp³-hybridized carbons (Fsp3) is 0. The number of aromatic hydroxyl groups is 1. The molecule has 0 radical (unpaired) electrons. The van der Waals surface area contributed by atoms with Crippen molar-refractivity contribution in [2.24, 2.45) is 0 Å². The molecule has 8 heteroatoms. The number of rotatable bonds is 6. The van der Waals surface area contributed by atoms with Crippen LogP contribution in [0.15, 0.2) is 59.5 Å². The summed E-state index contributed by atoms with van der Waals surface area (Å²) in [5, 5.41) is 35.4. The van der Waals surface area contributed by atoms with Crippen LogP contribution in [-0.4, -0.2) is 21.4 Å². The van der Waals surface area contributed by atoms with Gasteiger partial charge in [0.2, 0.25) is 0 Å². The molecule has 25 heavy (non-hydrogen) atoms. The standard InChI is InChI=1S/C17H13NO6S/c19-16-9-14(25-24-23-22)7-11-3-6-13(8-15(11)16)18-12-4-1-10(2-5-12)17(20)21/h1-9,18-19,22H,(H,20,21). The zero-order valence-electron chi connectivity index (χ0n) is 12.7. The van der Waals surface area contributed by atoms with E-state index in [0.29, 0.717) is 10.3 Å². The number of phenols is 1. The first-order chi connectivity index (χ1) is 12.1. The van der Waals surface area contributed by atoms with Gasteiger partial charge >= 0.3 is 5.97 Å². The normalized spacial score (nSPS) is 10.8. The van der Waals surface area contributed by atoms with Crippen molar-refractivity contribution in [2.75, 3.05) is 5.32 Å². The van der Waals surface area contributed by atoms with E-state index in [4.69, 9.17) is 10.4 Å². The lowest BCUT2D eigenvalue weighted by atomic mass is 10.1. The molecule has 0 fully saturated rings. The van der Waals surface area contributed by atoms with Crippen molar-refractivity contribution in [3.8, 4) is 5.75 Å². The van der Waals surface area contributed by atoms with Gasteiger partial charge in [0.1, 0.15) is 5.75 Å². The Kier molecular flexibility index (Phi) is 5.05. The molecule has 0 saturated carbocycles. The summed E-state index contributed by atoms with van der Waals surface area (Å²) >= 11 is 0.764. The number of hydrogen-bond donors (Lipinski definition) is 4. The van der Waals surface area contributed by atoms with E-state index < -0.39 is 5.97 Å². The number of phenolic OH excluding ortho intramolecular Hbond substituents is 1. The molecule has 0 spiro atoms. The maximum Gasteiger partial charge on any atom is 0.335 e. The SMILES string of the molecule is O=C(O)c1ccc(Nc2ccc3cc(SOOO)cc(O)c3c2)cc1. The number of anilines is 2. The number of nitrogens with one attached hydrogen (secondary N) is 1. The van der Waals surface area contributed by atoms with Crippen LogP contribution in [0.25, 0.3) is 10.8 Å². The number of benzene rings is 3. The summed E-state index contributed by atoms with van der Waals surface area (Å²) in [5.74, 6) is -0.933. The minimum absolute atomic E-state index is 0.0476. The highest BCUT2D eigenvalue weighted by Gasteiger charge is 2.07. The number of carboxylic acids is 1. The molecule has 0 bridgehead atoms. The van der Waals surface area contributed by atoms with Crippen LogP contribution in [0.3, 0.4) is 0 Å². The Morgan fingerprint density at radius 1 is 1.00 bits per heavy atom. The van der Waals surface area contributed by atoms with E-state index in [1.807, 2.05) is 12.1 Å². The van der Waals surface area contributed by atoms with E-state index in [1.54, 1.807) is 24.3 Å². The highest BCUT2D eigenvalue weighted by molar-refractivity contribution is 7.94. The zero-order valence-corrected chi connectivity index (χ0v) is 13.5. The molecule has 0 aliphatic heterocycles. The fourth-order valence-electron chi connectivity index (χ4n) is 2.35. The Morgan fingerprint density at radius 2 is 1.72 bits per heavy atom. The number of hydrogen-bond acceptors (Lipinski definition) is 7. The third-order valence-corrected chi connectivity index (χ3v) is 4.04. The first-order valence-corrected chi connectivity index (χ1v) is 7.83. The van der Waals surface area contributed by atoms with Gasteiger partial charge in [-0.25, -0.2) is 10.1 Å². The van der Waals surface area contributed by atoms with Crippen molar-refractivity contribution in [3.63, 3.8) is 0 Å². The van der Waals surface area contributed by atoms with Gasteiger partial charge < -0.3 is 15.5 Å². The molecular formula is C17H13NO6S. The van der Waals surface area contributed by atoms with E-state index >= 15 is 0 Å². The van der Waals surface area contributed by atoms with E-state index in [-0.39, 0.29) is 11.3 Å². The van der Waals surface area contributed by atoms with Crippen molar-refractivity contribution in [2.45, 2.75) is 4.90 Å². The lowest BCUT2D eigenvalue weighted by molar-refractivity contribution is -0.432. The Hall–Kier alpha value is -2.78. The zero-order chi connectivity index (χ0) is 17.8. The summed E-state index contributed by atoms with van der Waals surface area (Å²) in [6.45, 7) is 0. The first-order valence-electron chi connectivity index (χ1n) is 7.09. The maximum absolute atomic E-state index is 10.9. The Labute approximate surface area is 146 Å². The minimum atomic E-state index is -0.980. The summed E-state index contributed by atoms with van der Waals surface area (Å²) in [6, 6.07) is 15.0. The monoisotopic (exact) mass is 359 g/mol. The van der Waals surface area contributed by atoms with Crippen LogP contribution in [-0.2, 0) is 9.37 Å². The molecular weight excluding hydrogens is 346 g/mol. The lowest BCUT2D eigenvalue weighted by Gasteiger charge is -2.10. The van der Waals surface area contributed by atoms with Crippen LogP contribution in [0.5, 0.6) is 5.75 Å². The third-order valence-electron chi connectivity index (χ3n) is 3.49. The summed E-state index contributed by atoms with van der Waals surface area (Å²) in [7, 11) is 0. The summed E-state index contributed by atoms with van der Waals surface area (Å²) in [4.78, 5) is 11.4. The molecule has 4 N–H and O–H groups in total. The van der Waals surface area contributed by atoms with Gasteiger partial charge in [-0.2, -0.15) is 0 Å². The predicted molar refractivity (Wildman–Crippen MR) is 93.0 cm³/mol. The number of fused-ring (bicyclic) bond motifs is 1. The predicted octanol–water partition coefficient (Wildman–Crippen LogP) is 4.42. The molecule has 0 aliphatic rings. The van der Waals surface area contributed by atoms with Crippen molar-refractivity contribution < 1.29 is 29.6 Å². The first kappa shape index (κ1) is 17.1. The quantitative estimate of drug-likeness (QED) is 0.291. The van der Waals surface area contributed by atoms with Crippen molar-refractivity contribution in [3.05, 3.63) is 60.2 Å². The van der Waals surface area contributed by atoms with Gasteiger partial charge in [0.15, 0.2) is 0 Å². The second-order valence-corrected chi connectivity index (χ2v) is 5.89. The molecule has 0 amide bonds. The molecule has 0 saturated heterocycles. The highest BCUT2D eigenvalue weighted by Crippen LogP contribution is 2.34. The van der Waals surface area contributed by atoms with Crippen LogP contribution in [0.2, 0.25) is 0 Å². The second-order valence-electron chi connectivity index (χ2n) is 5.11.